The summed E-state index contributed by atoms with van der Waals surface area (Å²) in [5.74, 6) is 0. The highest BCUT2D eigenvalue weighted by molar-refractivity contribution is 5.91. The van der Waals surface area contributed by atoms with E-state index in [0.717, 1.165) is 0 Å². The largest absolute Gasteiger partial charge is 0.397 e. The van der Waals surface area contributed by atoms with E-state index in [2.05, 4.69) is 23.4 Å². The van der Waals surface area contributed by atoms with Gasteiger partial charge in [0.15, 0.2) is 0 Å². The van der Waals surface area contributed by atoms with Gasteiger partial charge in [0.05, 0.1) is 29.8 Å². The average molecular weight is 235 g/mol. The first kappa shape index (κ1) is 12.9. The van der Waals surface area contributed by atoms with Gasteiger partial charge in [0.2, 0.25) is 0 Å². The van der Waals surface area contributed by atoms with Crippen molar-refractivity contribution in [2.24, 2.45) is 21.5 Å². The fourth-order valence-corrected chi connectivity index (χ4v) is 1.70. The zero-order valence-electron chi connectivity index (χ0n) is 9.48. The molecule has 0 aromatic heterocycles. The molecule has 1 rings (SSSR count). The van der Waals surface area contributed by atoms with Gasteiger partial charge >= 0.3 is 0 Å². The maximum atomic E-state index is 5.90. The lowest BCUT2D eigenvalue weighted by molar-refractivity contribution is 0.762. The second-order valence-electron chi connectivity index (χ2n) is 3.55. The first-order valence-corrected chi connectivity index (χ1v) is 4.85. The van der Waals surface area contributed by atoms with Crippen LogP contribution in [0.25, 0.3) is 0 Å². The molecule has 1 aromatic carbocycles. The minimum absolute atomic E-state index is 0.234. The third-order valence-corrected chi connectivity index (χ3v) is 2.50. The van der Waals surface area contributed by atoms with Gasteiger partial charge in [-0.15, -0.1) is 0 Å². The Balaban J connectivity index is 3.69. The molecule has 1 aromatic rings. The van der Waals surface area contributed by atoms with Crippen LogP contribution in [0, 0.1) is 0 Å². The van der Waals surface area contributed by atoms with Crippen LogP contribution in [-0.2, 0) is 6.54 Å². The zero-order valence-corrected chi connectivity index (χ0v) is 9.48. The molecule has 0 radical (unpaired) electrons. The number of benzene rings is 1. The van der Waals surface area contributed by atoms with E-state index in [-0.39, 0.29) is 17.9 Å². The monoisotopic (exact) mass is 235 g/mol. The van der Waals surface area contributed by atoms with Crippen LogP contribution in [0.4, 0.5) is 22.7 Å². The van der Waals surface area contributed by atoms with Crippen LogP contribution in [0.15, 0.2) is 9.98 Å². The second-order valence-corrected chi connectivity index (χ2v) is 3.55. The molecule has 7 nitrogen and oxygen atoms in total. The molecule has 0 saturated heterocycles. The van der Waals surface area contributed by atoms with Gasteiger partial charge < -0.3 is 28.7 Å². The van der Waals surface area contributed by atoms with Crippen molar-refractivity contribution in [3.63, 3.8) is 0 Å². The molecule has 0 aliphatic carbocycles. The van der Waals surface area contributed by atoms with Crippen LogP contribution < -0.4 is 28.7 Å². The topological polar surface area (TPSA) is 155 Å². The predicted octanol–water partition coefficient (Wildman–Crippen LogP) is -0.118. The van der Waals surface area contributed by atoms with Crippen molar-refractivity contribution in [3.8, 4) is 0 Å². The van der Waals surface area contributed by atoms with Crippen LogP contribution in [0.2, 0.25) is 0 Å². The summed E-state index contributed by atoms with van der Waals surface area (Å²) in [4.78, 5) is 7.49. The van der Waals surface area contributed by atoms with Crippen LogP contribution in [-0.4, -0.2) is 13.4 Å². The number of rotatable bonds is 4. The number of nitrogens with zero attached hydrogens (tertiary/aromatic N) is 2. The number of nitrogens with two attached hydrogens (primary N) is 5. The Labute approximate surface area is 99.4 Å². The van der Waals surface area contributed by atoms with Gasteiger partial charge in [0.1, 0.15) is 5.69 Å². The van der Waals surface area contributed by atoms with E-state index in [9.17, 15) is 0 Å². The molecule has 0 spiro atoms. The summed E-state index contributed by atoms with van der Waals surface area (Å²) >= 11 is 0. The minimum Gasteiger partial charge on any atom is -0.397 e. The number of nitrogen functional groups attached to an aromatic ring is 3. The smallest absolute Gasteiger partial charge is 0.111 e. The van der Waals surface area contributed by atoms with Gasteiger partial charge in [-0.25, -0.2) is 0 Å². The summed E-state index contributed by atoms with van der Waals surface area (Å²) in [7, 11) is 0. The molecule has 10 N–H and O–H groups in total. The SMILES string of the molecule is C=NCc1c(N)c(N)c(N=C)c(N)c1C(N)N. The molecule has 0 amide bonds. The number of hydrogen-bond acceptors (Lipinski definition) is 7. The zero-order chi connectivity index (χ0) is 13.2. The minimum atomic E-state index is -0.796. The normalized spacial score (nSPS) is 10.5. The predicted molar refractivity (Wildman–Crippen MR) is 73.3 cm³/mol. The van der Waals surface area contributed by atoms with Crippen molar-refractivity contribution in [2.75, 3.05) is 17.2 Å². The molecule has 0 saturated carbocycles. The highest BCUT2D eigenvalue weighted by Gasteiger charge is 2.20. The lowest BCUT2D eigenvalue weighted by Crippen LogP contribution is -2.24. The quantitative estimate of drug-likeness (QED) is 0.279. The summed E-state index contributed by atoms with van der Waals surface area (Å²) in [6.07, 6.45) is -0.796. The van der Waals surface area contributed by atoms with Crippen LogP contribution in [0.1, 0.15) is 17.3 Å². The van der Waals surface area contributed by atoms with Gasteiger partial charge in [0.25, 0.3) is 0 Å². The highest BCUT2D eigenvalue weighted by atomic mass is 14.9. The standard InChI is InChI=1S/C10H17N7/c1-16-3-4-5(10(14)15)7(12)9(17-2)8(13)6(4)11/h10H,1-3,11-15H2. The van der Waals surface area contributed by atoms with Gasteiger partial charge in [-0.3, -0.25) is 9.98 Å². The molecule has 0 bridgehead atoms. The number of anilines is 3. The molecular formula is C10H17N7. The number of aliphatic imine (C=N–C) groups is 2. The molecule has 0 heterocycles. The van der Waals surface area contributed by atoms with Crippen molar-refractivity contribution < 1.29 is 0 Å². The lowest BCUT2D eigenvalue weighted by Gasteiger charge is -2.20. The van der Waals surface area contributed by atoms with E-state index < -0.39 is 6.17 Å². The van der Waals surface area contributed by atoms with Crippen LogP contribution in [0.5, 0.6) is 0 Å². The second kappa shape index (κ2) is 4.81. The molecule has 0 aliphatic heterocycles. The van der Waals surface area contributed by atoms with Crippen LogP contribution in [0.3, 0.4) is 0 Å². The molecule has 92 valence electrons. The molecule has 0 atom stereocenters. The first-order valence-electron chi connectivity index (χ1n) is 4.85. The molecule has 0 unspecified atom stereocenters. The molecule has 7 heteroatoms. The average Bonchev–Trinajstić information content (AvgIpc) is 2.26. The van der Waals surface area contributed by atoms with Crippen molar-refractivity contribution in [1.29, 1.82) is 0 Å². The summed E-state index contributed by atoms with van der Waals surface area (Å²) in [6, 6.07) is 0. The summed E-state index contributed by atoms with van der Waals surface area (Å²) in [5.41, 5.74) is 31.1. The van der Waals surface area contributed by atoms with E-state index in [1.165, 1.54) is 0 Å². The molecular weight excluding hydrogens is 218 g/mol. The van der Waals surface area contributed by atoms with Crippen molar-refractivity contribution in [2.45, 2.75) is 12.7 Å². The van der Waals surface area contributed by atoms with Crippen molar-refractivity contribution in [3.05, 3.63) is 11.1 Å². The fraction of sp³-hybridized carbons (Fsp3) is 0.200. The number of hydrogen-bond donors (Lipinski definition) is 5. The van der Waals surface area contributed by atoms with E-state index >= 15 is 0 Å². The van der Waals surface area contributed by atoms with E-state index in [1.54, 1.807) is 0 Å². The van der Waals surface area contributed by atoms with Gasteiger partial charge in [-0.2, -0.15) is 0 Å². The Kier molecular flexibility index (Phi) is 3.66. The Morgan fingerprint density at radius 3 is 2.00 bits per heavy atom. The molecule has 0 fully saturated rings. The Morgan fingerprint density at radius 2 is 1.59 bits per heavy atom. The summed E-state index contributed by atoms with van der Waals surface area (Å²) in [6.45, 7) is 7.02. The van der Waals surface area contributed by atoms with Gasteiger partial charge in [-0.05, 0) is 13.4 Å². The van der Waals surface area contributed by atoms with E-state index in [0.29, 0.717) is 22.5 Å². The van der Waals surface area contributed by atoms with Crippen molar-refractivity contribution in [1.82, 2.24) is 0 Å². The van der Waals surface area contributed by atoms with Crippen molar-refractivity contribution >= 4 is 36.2 Å². The van der Waals surface area contributed by atoms with Gasteiger partial charge in [0, 0.05) is 11.1 Å². The van der Waals surface area contributed by atoms with E-state index in [1.807, 2.05) is 0 Å². The van der Waals surface area contributed by atoms with E-state index in [4.69, 9.17) is 28.7 Å². The van der Waals surface area contributed by atoms with Gasteiger partial charge in [-0.1, -0.05) is 0 Å². The Morgan fingerprint density at radius 1 is 1.00 bits per heavy atom. The first-order chi connectivity index (χ1) is 7.95. The maximum absolute atomic E-state index is 5.90. The Bertz CT molecular complexity index is 464. The summed E-state index contributed by atoms with van der Waals surface area (Å²) in [5, 5.41) is 0. The summed E-state index contributed by atoms with van der Waals surface area (Å²) < 4.78 is 0. The highest BCUT2D eigenvalue weighted by Crippen LogP contribution is 2.41. The third kappa shape index (κ3) is 2.05. The fourth-order valence-electron chi connectivity index (χ4n) is 1.70. The third-order valence-electron chi connectivity index (χ3n) is 2.50. The molecule has 0 aliphatic rings. The Hall–Kier alpha value is -2.12. The molecule has 17 heavy (non-hydrogen) atoms. The lowest BCUT2D eigenvalue weighted by atomic mass is 9.98. The van der Waals surface area contributed by atoms with Crippen LogP contribution >= 0.6 is 0 Å². The maximum Gasteiger partial charge on any atom is 0.111 e.